The SMILES string of the molecule is C=COC(CC(N)C(=O)C(C)C)=NC. The minimum atomic E-state index is -0.548. The summed E-state index contributed by atoms with van der Waals surface area (Å²) >= 11 is 0. The van der Waals surface area contributed by atoms with Crippen molar-refractivity contribution < 1.29 is 9.53 Å². The highest BCUT2D eigenvalue weighted by atomic mass is 16.5. The Bertz CT molecular complexity index is 234. The van der Waals surface area contributed by atoms with Gasteiger partial charge in [0.15, 0.2) is 11.7 Å². The molecule has 4 nitrogen and oxygen atoms in total. The maximum absolute atomic E-state index is 11.4. The van der Waals surface area contributed by atoms with Crippen LogP contribution in [-0.4, -0.2) is 24.8 Å². The van der Waals surface area contributed by atoms with Crippen molar-refractivity contribution in [1.29, 1.82) is 0 Å². The predicted molar refractivity (Wildman–Crippen MR) is 57.1 cm³/mol. The number of hydrogen-bond acceptors (Lipinski definition) is 4. The van der Waals surface area contributed by atoms with Gasteiger partial charge in [-0.25, -0.2) is 0 Å². The van der Waals surface area contributed by atoms with Gasteiger partial charge >= 0.3 is 0 Å². The standard InChI is InChI=1S/C10H18N2O2/c1-5-14-9(12-4)6-8(11)10(13)7(2)3/h5,7-8H,1,6,11H2,2-4H3. The number of aliphatic imine (C=N–C) groups is 1. The van der Waals surface area contributed by atoms with E-state index in [-0.39, 0.29) is 11.7 Å². The van der Waals surface area contributed by atoms with Gasteiger partial charge in [0.2, 0.25) is 0 Å². The first-order chi connectivity index (χ1) is 6.52. The van der Waals surface area contributed by atoms with Crippen LogP contribution in [0, 0.1) is 5.92 Å². The minimum Gasteiger partial charge on any atom is -0.452 e. The van der Waals surface area contributed by atoms with Crippen molar-refractivity contribution >= 4 is 11.7 Å². The number of carbonyl (C=O) groups is 1. The summed E-state index contributed by atoms with van der Waals surface area (Å²) in [6.45, 7) is 7.04. The Morgan fingerprint density at radius 1 is 1.64 bits per heavy atom. The van der Waals surface area contributed by atoms with Gasteiger partial charge in [0.05, 0.1) is 12.3 Å². The van der Waals surface area contributed by atoms with E-state index >= 15 is 0 Å². The molecule has 0 spiro atoms. The van der Waals surface area contributed by atoms with E-state index in [1.807, 2.05) is 13.8 Å². The molecule has 1 unspecified atom stereocenters. The largest absolute Gasteiger partial charge is 0.452 e. The van der Waals surface area contributed by atoms with Crippen molar-refractivity contribution in [3.63, 3.8) is 0 Å². The molecule has 0 radical (unpaired) electrons. The van der Waals surface area contributed by atoms with Crippen molar-refractivity contribution in [3.8, 4) is 0 Å². The Kier molecular flexibility index (Phi) is 5.79. The third-order valence-electron chi connectivity index (χ3n) is 1.80. The van der Waals surface area contributed by atoms with Crippen LogP contribution in [0.1, 0.15) is 20.3 Å². The molecule has 0 saturated carbocycles. The second kappa shape index (κ2) is 6.32. The van der Waals surface area contributed by atoms with E-state index in [1.54, 1.807) is 7.05 Å². The van der Waals surface area contributed by atoms with E-state index in [0.717, 1.165) is 0 Å². The Hall–Kier alpha value is -1.16. The highest BCUT2D eigenvalue weighted by Gasteiger charge is 2.19. The summed E-state index contributed by atoms with van der Waals surface area (Å²) in [4.78, 5) is 15.3. The van der Waals surface area contributed by atoms with Gasteiger partial charge in [-0.15, -0.1) is 0 Å². The first-order valence-corrected chi connectivity index (χ1v) is 4.55. The molecule has 2 N–H and O–H groups in total. The van der Waals surface area contributed by atoms with Crippen molar-refractivity contribution in [2.24, 2.45) is 16.6 Å². The Morgan fingerprint density at radius 3 is 2.57 bits per heavy atom. The molecule has 0 amide bonds. The topological polar surface area (TPSA) is 64.7 Å². The van der Waals surface area contributed by atoms with Crippen LogP contribution in [0.4, 0.5) is 0 Å². The normalized spacial score (nSPS) is 13.9. The number of nitrogens with two attached hydrogens (primary N) is 1. The van der Waals surface area contributed by atoms with Crippen LogP contribution in [0.5, 0.6) is 0 Å². The highest BCUT2D eigenvalue weighted by Crippen LogP contribution is 2.03. The van der Waals surface area contributed by atoms with Crippen molar-refractivity contribution in [2.45, 2.75) is 26.3 Å². The van der Waals surface area contributed by atoms with Gasteiger partial charge in [-0.05, 0) is 0 Å². The highest BCUT2D eigenvalue weighted by molar-refractivity contribution is 5.90. The fourth-order valence-electron chi connectivity index (χ4n) is 1.01. The number of ether oxygens (including phenoxy) is 1. The zero-order chi connectivity index (χ0) is 11.1. The summed E-state index contributed by atoms with van der Waals surface area (Å²) < 4.78 is 4.97. The number of Topliss-reactive ketones (excluding diaryl/α,β-unsaturated/α-hetero) is 1. The van der Waals surface area contributed by atoms with Gasteiger partial charge in [0, 0.05) is 19.4 Å². The number of rotatable bonds is 5. The van der Waals surface area contributed by atoms with Crippen LogP contribution in [0.2, 0.25) is 0 Å². The quantitative estimate of drug-likeness (QED) is 0.409. The number of hydrogen-bond donors (Lipinski definition) is 1. The molecule has 1 atom stereocenters. The Balaban J connectivity index is 4.22. The first kappa shape index (κ1) is 12.8. The van der Waals surface area contributed by atoms with Gasteiger partial charge < -0.3 is 10.5 Å². The lowest BCUT2D eigenvalue weighted by Crippen LogP contribution is -2.36. The molecule has 0 aromatic carbocycles. The van der Waals surface area contributed by atoms with Crippen molar-refractivity contribution in [3.05, 3.63) is 12.8 Å². The van der Waals surface area contributed by atoms with Crippen LogP contribution >= 0.6 is 0 Å². The van der Waals surface area contributed by atoms with E-state index in [2.05, 4.69) is 11.6 Å². The summed E-state index contributed by atoms with van der Waals surface area (Å²) in [5.41, 5.74) is 5.68. The summed E-state index contributed by atoms with van der Waals surface area (Å²) in [5, 5.41) is 0. The molecule has 0 aliphatic carbocycles. The molecule has 0 aliphatic heterocycles. The number of nitrogens with zero attached hydrogens (tertiary/aromatic N) is 1. The molecule has 0 aromatic rings. The van der Waals surface area contributed by atoms with Crippen LogP contribution in [0.15, 0.2) is 17.8 Å². The zero-order valence-electron chi connectivity index (χ0n) is 8.99. The third kappa shape index (κ3) is 4.18. The maximum Gasteiger partial charge on any atom is 0.190 e. The van der Waals surface area contributed by atoms with E-state index in [4.69, 9.17) is 10.5 Å². The molecule has 0 aliphatic rings. The third-order valence-corrected chi connectivity index (χ3v) is 1.80. The zero-order valence-corrected chi connectivity index (χ0v) is 8.99. The summed E-state index contributed by atoms with van der Waals surface area (Å²) in [6, 6.07) is -0.548. The first-order valence-electron chi connectivity index (χ1n) is 4.55. The second-order valence-electron chi connectivity index (χ2n) is 3.27. The van der Waals surface area contributed by atoms with Gasteiger partial charge in [-0.1, -0.05) is 20.4 Å². The van der Waals surface area contributed by atoms with Crippen LogP contribution in [-0.2, 0) is 9.53 Å². The van der Waals surface area contributed by atoms with E-state index in [0.29, 0.717) is 12.3 Å². The Labute approximate surface area is 84.8 Å². The molecule has 0 rings (SSSR count). The summed E-state index contributed by atoms with van der Waals surface area (Å²) in [6.07, 6.45) is 1.59. The van der Waals surface area contributed by atoms with E-state index < -0.39 is 6.04 Å². The fraction of sp³-hybridized carbons (Fsp3) is 0.600. The number of ketones is 1. The number of carbonyl (C=O) groups excluding carboxylic acids is 1. The van der Waals surface area contributed by atoms with Gasteiger partial charge in [-0.2, -0.15) is 0 Å². The van der Waals surface area contributed by atoms with Crippen LogP contribution in [0.3, 0.4) is 0 Å². The minimum absolute atomic E-state index is 0.0128. The molecule has 80 valence electrons. The average Bonchev–Trinajstić information content (AvgIpc) is 2.15. The monoisotopic (exact) mass is 198 g/mol. The lowest BCUT2D eigenvalue weighted by atomic mass is 10.0. The predicted octanol–water partition coefficient (Wildman–Crippen LogP) is 1.12. The van der Waals surface area contributed by atoms with Crippen molar-refractivity contribution in [1.82, 2.24) is 0 Å². The molecule has 0 aromatic heterocycles. The summed E-state index contributed by atoms with van der Waals surface area (Å²) in [5.74, 6) is 0.382. The average molecular weight is 198 g/mol. The fourth-order valence-corrected chi connectivity index (χ4v) is 1.01. The maximum atomic E-state index is 11.4. The molecule has 0 heterocycles. The van der Waals surface area contributed by atoms with Crippen molar-refractivity contribution in [2.75, 3.05) is 7.05 Å². The molecular formula is C10H18N2O2. The molecule has 0 bridgehead atoms. The molecule has 0 fully saturated rings. The van der Waals surface area contributed by atoms with E-state index in [9.17, 15) is 4.79 Å². The molecular weight excluding hydrogens is 180 g/mol. The van der Waals surface area contributed by atoms with Gasteiger partial charge in [0.25, 0.3) is 0 Å². The molecule has 14 heavy (non-hydrogen) atoms. The lowest BCUT2D eigenvalue weighted by Gasteiger charge is -2.13. The smallest absolute Gasteiger partial charge is 0.190 e. The van der Waals surface area contributed by atoms with Crippen LogP contribution in [0.25, 0.3) is 0 Å². The van der Waals surface area contributed by atoms with Gasteiger partial charge in [-0.3, -0.25) is 9.79 Å². The van der Waals surface area contributed by atoms with Crippen LogP contribution < -0.4 is 5.73 Å². The second-order valence-corrected chi connectivity index (χ2v) is 3.27. The Morgan fingerprint density at radius 2 is 2.21 bits per heavy atom. The summed E-state index contributed by atoms with van der Waals surface area (Å²) in [7, 11) is 1.59. The molecule has 0 saturated heterocycles. The lowest BCUT2D eigenvalue weighted by molar-refractivity contribution is -0.123. The van der Waals surface area contributed by atoms with Gasteiger partial charge in [0.1, 0.15) is 0 Å². The molecule has 4 heteroatoms. The van der Waals surface area contributed by atoms with E-state index in [1.165, 1.54) is 6.26 Å².